The first kappa shape index (κ1) is 11.5. The second-order valence-corrected chi connectivity index (χ2v) is 4.70. The summed E-state index contributed by atoms with van der Waals surface area (Å²) >= 11 is 0. The third kappa shape index (κ3) is 2.56. The maximum absolute atomic E-state index is 9.93. The second kappa shape index (κ2) is 5.35. The Morgan fingerprint density at radius 3 is 2.44 bits per heavy atom. The molecule has 1 aromatic carbocycles. The SMILES string of the molecule is NCCCCc1cc2c(cc1O)CCCC2. The van der Waals surface area contributed by atoms with Crippen LogP contribution in [0, 0.1) is 0 Å². The summed E-state index contributed by atoms with van der Waals surface area (Å²) in [4.78, 5) is 0. The van der Waals surface area contributed by atoms with Crippen molar-refractivity contribution in [2.75, 3.05) is 6.54 Å². The van der Waals surface area contributed by atoms with Crippen LogP contribution >= 0.6 is 0 Å². The first-order chi connectivity index (χ1) is 7.81. The van der Waals surface area contributed by atoms with Gasteiger partial charge in [0.05, 0.1) is 0 Å². The number of phenolic OH excluding ortho intramolecular Hbond substituents is 1. The molecule has 0 bridgehead atoms. The van der Waals surface area contributed by atoms with Crippen molar-refractivity contribution < 1.29 is 5.11 Å². The lowest BCUT2D eigenvalue weighted by atomic mass is 9.89. The average molecular weight is 219 g/mol. The fourth-order valence-electron chi connectivity index (χ4n) is 2.48. The molecule has 2 heteroatoms. The van der Waals surface area contributed by atoms with Crippen LogP contribution in [0.4, 0.5) is 0 Å². The zero-order chi connectivity index (χ0) is 11.4. The summed E-state index contributed by atoms with van der Waals surface area (Å²) in [7, 11) is 0. The molecular formula is C14H21NO. The minimum Gasteiger partial charge on any atom is -0.508 e. The summed E-state index contributed by atoms with van der Waals surface area (Å²) < 4.78 is 0. The number of rotatable bonds is 4. The second-order valence-electron chi connectivity index (χ2n) is 4.70. The molecule has 0 aliphatic heterocycles. The number of unbranched alkanes of at least 4 members (excludes halogenated alkanes) is 1. The van der Waals surface area contributed by atoms with Crippen molar-refractivity contribution in [3.8, 4) is 5.75 Å². The van der Waals surface area contributed by atoms with Gasteiger partial charge in [-0.15, -0.1) is 0 Å². The van der Waals surface area contributed by atoms with E-state index in [0.717, 1.165) is 37.8 Å². The van der Waals surface area contributed by atoms with Crippen molar-refractivity contribution in [1.82, 2.24) is 0 Å². The van der Waals surface area contributed by atoms with E-state index in [-0.39, 0.29) is 0 Å². The zero-order valence-corrected chi connectivity index (χ0v) is 9.84. The Morgan fingerprint density at radius 2 is 1.75 bits per heavy atom. The lowest BCUT2D eigenvalue weighted by Gasteiger charge is -2.17. The highest BCUT2D eigenvalue weighted by atomic mass is 16.3. The van der Waals surface area contributed by atoms with E-state index in [4.69, 9.17) is 5.73 Å². The van der Waals surface area contributed by atoms with Gasteiger partial charge in [0.2, 0.25) is 0 Å². The standard InChI is InChI=1S/C14H21NO/c15-8-4-3-7-13-9-11-5-1-2-6-12(11)10-14(13)16/h9-10,16H,1-8,15H2. The van der Waals surface area contributed by atoms with Crippen LogP contribution in [-0.4, -0.2) is 11.7 Å². The lowest BCUT2D eigenvalue weighted by Crippen LogP contribution is -2.04. The van der Waals surface area contributed by atoms with Crippen molar-refractivity contribution >= 4 is 0 Å². The lowest BCUT2D eigenvalue weighted by molar-refractivity contribution is 0.464. The van der Waals surface area contributed by atoms with Crippen LogP contribution in [0.25, 0.3) is 0 Å². The quantitative estimate of drug-likeness (QED) is 0.764. The number of fused-ring (bicyclic) bond motifs is 1. The van der Waals surface area contributed by atoms with Crippen LogP contribution in [0.15, 0.2) is 12.1 Å². The molecule has 2 nitrogen and oxygen atoms in total. The molecule has 0 fully saturated rings. The predicted molar refractivity (Wildman–Crippen MR) is 66.7 cm³/mol. The minimum absolute atomic E-state index is 0.484. The fraction of sp³-hybridized carbons (Fsp3) is 0.571. The molecule has 16 heavy (non-hydrogen) atoms. The molecule has 0 spiro atoms. The Bertz CT molecular complexity index is 360. The van der Waals surface area contributed by atoms with Gasteiger partial charge in [-0.1, -0.05) is 6.07 Å². The van der Waals surface area contributed by atoms with Crippen molar-refractivity contribution in [3.05, 3.63) is 28.8 Å². The van der Waals surface area contributed by atoms with Gasteiger partial charge in [-0.05, 0) is 74.2 Å². The van der Waals surface area contributed by atoms with Crippen molar-refractivity contribution in [2.24, 2.45) is 5.73 Å². The van der Waals surface area contributed by atoms with E-state index < -0.39 is 0 Å². The molecule has 88 valence electrons. The van der Waals surface area contributed by atoms with E-state index >= 15 is 0 Å². The number of hydrogen-bond acceptors (Lipinski definition) is 2. The monoisotopic (exact) mass is 219 g/mol. The van der Waals surface area contributed by atoms with E-state index in [1.54, 1.807) is 0 Å². The molecule has 0 unspecified atom stereocenters. The molecule has 0 amide bonds. The van der Waals surface area contributed by atoms with Gasteiger partial charge < -0.3 is 10.8 Å². The van der Waals surface area contributed by atoms with Gasteiger partial charge in [-0.2, -0.15) is 0 Å². The maximum Gasteiger partial charge on any atom is 0.119 e. The Morgan fingerprint density at radius 1 is 1.06 bits per heavy atom. The van der Waals surface area contributed by atoms with Crippen LogP contribution < -0.4 is 5.73 Å². The summed E-state index contributed by atoms with van der Waals surface area (Å²) in [6.07, 6.45) is 7.93. The summed E-state index contributed by atoms with van der Waals surface area (Å²) in [5.41, 5.74) is 9.39. The molecule has 1 aliphatic rings. The summed E-state index contributed by atoms with van der Waals surface area (Å²) in [5, 5.41) is 9.93. The van der Waals surface area contributed by atoms with Gasteiger partial charge in [0, 0.05) is 0 Å². The summed E-state index contributed by atoms with van der Waals surface area (Å²) in [6.45, 7) is 0.742. The molecule has 2 rings (SSSR count). The number of nitrogens with two attached hydrogens (primary N) is 1. The Balaban J connectivity index is 2.12. The summed E-state index contributed by atoms with van der Waals surface area (Å²) in [6, 6.07) is 4.19. The van der Waals surface area contributed by atoms with Crippen LogP contribution in [0.2, 0.25) is 0 Å². The van der Waals surface area contributed by atoms with Gasteiger partial charge in [0.15, 0.2) is 0 Å². The Hall–Kier alpha value is -1.02. The third-order valence-corrected chi connectivity index (χ3v) is 3.44. The number of hydrogen-bond donors (Lipinski definition) is 2. The zero-order valence-electron chi connectivity index (χ0n) is 9.84. The minimum atomic E-state index is 0.484. The number of phenols is 1. The first-order valence-corrected chi connectivity index (χ1v) is 6.35. The van der Waals surface area contributed by atoms with Gasteiger partial charge in [0.25, 0.3) is 0 Å². The topological polar surface area (TPSA) is 46.2 Å². The van der Waals surface area contributed by atoms with Crippen molar-refractivity contribution in [3.63, 3.8) is 0 Å². The Kier molecular flexibility index (Phi) is 3.83. The van der Waals surface area contributed by atoms with Crippen LogP contribution in [0.5, 0.6) is 5.75 Å². The molecule has 0 atom stereocenters. The van der Waals surface area contributed by atoms with Crippen LogP contribution in [0.1, 0.15) is 42.4 Å². The molecule has 0 saturated carbocycles. The molecule has 0 saturated heterocycles. The van der Waals surface area contributed by atoms with Gasteiger partial charge in [-0.3, -0.25) is 0 Å². The smallest absolute Gasteiger partial charge is 0.119 e. The highest BCUT2D eigenvalue weighted by Crippen LogP contribution is 2.29. The van der Waals surface area contributed by atoms with Crippen molar-refractivity contribution in [2.45, 2.75) is 44.9 Å². The summed E-state index contributed by atoms with van der Waals surface area (Å²) in [5.74, 6) is 0.484. The maximum atomic E-state index is 9.93. The number of benzene rings is 1. The predicted octanol–water partition coefficient (Wildman–Crippen LogP) is 2.55. The molecule has 0 radical (unpaired) electrons. The van der Waals surface area contributed by atoms with Crippen LogP contribution in [-0.2, 0) is 19.3 Å². The highest BCUT2D eigenvalue weighted by molar-refractivity contribution is 5.43. The fourth-order valence-corrected chi connectivity index (χ4v) is 2.48. The molecule has 0 heterocycles. The molecule has 1 aromatic rings. The van der Waals surface area contributed by atoms with E-state index in [9.17, 15) is 5.11 Å². The number of aromatic hydroxyl groups is 1. The van der Waals surface area contributed by atoms with Crippen LogP contribution in [0.3, 0.4) is 0 Å². The van der Waals surface area contributed by atoms with Gasteiger partial charge >= 0.3 is 0 Å². The molecular weight excluding hydrogens is 198 g/mol. The van der Waals surface area contributed by atoms with E-state index in [1.807, 2.05) is 6.07 Å². The van der Waals surface area contributed by atoms with E-state index in [0.29, 0.717) is 5.75 Å². The molecule has 3 N–H and O–H groups in total. The van der Waals surface area contributed by atoms with Gasteiger partial charge in [-0.25, -0.2) is 0 Å². The first-order valence-electron chi connectivity index (χ1n) is 6.35. The average Bonchev–Trinajstić information content (AvgIpc) is 2.30. The van der Waals surface area contributed by atoms with E-state index in [2.05, 4.69) is 6.07 Å². The third-order valence-electron chi connectivity index (χ3n) is 3.44. The molecule has 0 aromatic heterocycles. The van der Waals surface area contributed by atoms with E-state index in [1.165, 1.54) is 30.4 Å². The van der Waals surface area contributed by atoms with Gasteiger partial charge in [0.1, 0.15) is 5.75 Å². The molecule has 1 aliphatic carbocycles. The normalized spacial score (nSPS) is 14.8. The highest BCUT2D eigenvalue weighted by Gasteiger charge is 2.12. The van der Waals surface area contributed by atoms with Crippen molar-refractivity contribution in [1.29, 1.82) is 0 Å². The Labute approximate surface area is 97.5 Å². The largest absolute Gasteiger partial charge is 0.508 e. The number of aryl methyl sites for hydroxylation is 3.